The van der Waals surface area contributed by atoms with Gasteiger partial charge < -0.3 is 10.6 Å². The molecule has 0 aromatic heterocycles. The number of hydrogen-bond donors (Lipinski definition) is 3. The van der Waals surface area contributed by atoms with Gasteiger partial charge in [-0.05, 0) is 45.7 Å². The lowest BCUT2D eigenvalue weighted by Crippen LogP contribution is -2.54. The highest BCUT2D eigenvalue weighted by molar-refractivity contribution is 7.89. The Hall–Kier alpha value is -0.860. The van der Waals surface area contributed by atoms with Gasteiger partial charge in [0.2, 0.25) is 10.0 Å². The van der Waals surface area contributed by atoms with Gasteiger partial charge in [0.25, 0.3) is 0 Å². The second-order valence-corrected chi connectivity index (χ2v) is 9.06. The van der Waals surface area contributed by atoms with Crippen molar-refractivity contribution in [2.24, 2.45) is 10.1 Å². The first kappa shape index (κ1) is 20.5. The highest BCUT2D eigenvalue weighted by Gasteiger charge is 2.38. The van der Waals surface area contributed by atoms with Crippen LogP contribution in [0.25, 0.3) is 0 Å². The van der Waals surface area contributed by atoms with Gasteiger partial charge >= 0.3 is 0 Å². The fourth-order valence-electron chi connectivity index (χ4n) is 4.03. The number of sulfonamides is 1. The van der Waals surface area contributed by atoms with Crippen molar-refractivity contribution < 1.29 is 8.42 Å². The average Bonchev–Trinajstić information content (AvgIpc) is 2.60. The van der Waals surface area contributed by atoms with Gasteiger partial charge in [0, 0.05) is 18.6 Å². The number of nitrogens with zero attached hydrogens (tertiary/aromatic N) is 2. The van der Waals surface area contributed by atoms with Crippen molar-refractivity contribution >= 4 is 16.0 Å². The Morgan fingerprint density at radius 2 is 1.72 bits per heavy atom. The monoisotopic (exact) mass is 373 g/mol. The predicted octanol–water partition coefficient (Wildman–Crippen LogP) is 1.02. The minimum absolute atomic E-state index is 0.0886. The molecule has 7 nitrogen and oxygen atoms in total. The van der Waals surface area contributed by atoms with Crippen LogP contribution in [0, 0.1) is 0 Å². The minimum atomic E-state index is -3.45. The summed E-state index contributed by atoms with van der Waals surface area (Å²) in [5.74, 6) is 0.599. The Bertz CT molecular complexity index is 523. The number of hydrogen-bond acceptors (Lipinski definition) is 4. The maximum atomic E-state index is 11.1. The summed E-state index contributed by atoms with van der Waals surface area (Å²) in [4.78, 5) is 7.49. The SMILES string of the molecule is CCNC(=NCC1(N2CCCCC2)CCCCC1)NCCS(N)(=O)=O. The molecule has 0 atom stereocenters. The Kier molecular flexibility index (Phi) is 7.96. The van der Waals surface area contributed by atoms with E-state index in [4.69, 9.17) is 10.1 Å². The number of piperidine rings is 1. The van der Waals surface area contributed by atoms with E-state index < -0.39 is 10.0 Å². The van der Waals surface area contributed by atoms with E-state index in [2.05, 4.69) is 15.5 Å². The van der Waals surface area contributed by atoms with Crippen LogP contribution in [0.1, 0.15) is 58.3 Å². The number of rotatable bonds is 7. The molecule has 2 fully saturated rings. The molecular weight excluding hydrogens is 338 g/mol. The highest BCUT2D eigenvalue weighted by atomic mass is 32.2. The number of guanidine groups is 1. The van der Waals surface area contributed by atoms with E-state index >= 15 is 0 Å². The zero-order valence-corrected chi connectivity index (χ0v) is 16.4. The third-order valence-electron chi connectivity index (χ3n) is 5.37. The van der Waals surface area contributed by atoms with Crippen molar-refractivity contribution in [1.82, 2.24) is 15.5 Å². The van der Waals surface area contributed by atoms with E-state index in [1.165, 1.54) is 64.5 Å². The van der Waals surface area contributed by atoms with Crippen LogP contribution >= 0.6 is 0 Å². The molecule has 0 amide bonds. The number of nitrogens with two attached hydrogens (primary N) is 1. The molecule has 0 bridgehead atoms. The molecule has 146 valence electrons. The van der Waals surface area contributed by atoms with E-state index in [1.54, 1.807) is 0 Å². The van der Waals surface area contributed by atoms with Crippen molar-refractivity contribution in [1.29, 1.82) is 0 Å². The lowest BCUT2D eigenvalue weighted by molar-refractivity contribution is 0.0407. The van der Waals surface area contributed by atoms with Crippen LogP contribution in [0.3, 0.4) is 0 Å². The fraction of sp³-hybridized carbons (Fsp3) is 0.941. The Morgan fingerprint density at radius 3 is 2.32 bits per heavy atom. The second kappa shape index (κ2) is 9.73. The van der Waals surface area contributed by atoms with Crippen LogP contribution in [0.2, 0.25) is 0 Å². The molecule has 1 aliphatic heterocycles. The Morgan fingerprint density at radius 1 is 1.08 bits per heavy atom. The van der Waals surface area contributed by atoms with Gasteiger partial charge in [-0.15, -0.1) is 0 Å². The fourth-order valence-corrected chi connectivity index (χ4v) is 4.42. The van der Waals surface area contributed by atoms with Crippen LogP contribution in [0.4, 0.5) is 0 Å². The summed E-state index contributed by atoms with van der Waals surface area (Å²) in [6, 6.07) is 0. The van der Waals surface area contributed by atoms with Gasteiger partial charge in [-0.1, -0.05) is 25.7 Å². The standard InChI is InChI=1S/C17H35N5O2S/c1-2-19-16(20-11-14-25(18,23)24)21-15-17(9-5-3-6-10-17)22-12-7-4-8-13-22/h2-15H2,1H3,(H2,18,23,24)(H2,19,20,21). The summed E-state index contributed by atoms with van der Waals surface area (Å²) >= 11 is 0. The van der Waals surface area contributed by atoms with Crippen LogP contribution < -0.4 is 15.8 Å². The molecule has 8 heteroatoms. The Labute approximate surface area is 152 Å². The predicted molar refractivity (Wildman–Crippen MR) is 103 cm³/mol. The summed E-state index contributed by atoms with van der Waals surface area (Å²) in [5.41, 5.74) is 0.182. The maximum Gasteiger partial charge on any atom is 0.210 e. The average molecular weight is 374 g/mol. The third kappa shape index (κ3) is 6.75. The molecule has 4 N–H and O–H groups in total. The number of nitrogens with one attached hydrogen (secondary N) is 2. The van der Waals surface area contributed by atoms with Gasteiger partial charge in [-0.2, -0.15) is 0 Å². The quantitative estimate of drug-likeness (QED) is 0.457. The van der Waals surface area contributed by atoms with Crippen LogP contribution in [-0.4, -0.2) is 63.3 Å². The minimum Gasteiger partial charge on any atom is -0.357 e. The molecule has 25 heavy (non-hydrogen) atoms. The lowest BCUT2D eigenvalue weighted by atomic mass is 9.79. The Balaban J connectivity index is 2.02. The van der Waals surface area contributed by atoms with E-state index in [-0.39, 0.29) is 17.8 Å². The summed E-state index contributed by atoms with van der Waals surface area (Å²) in [6.45, 7) is 6.19. The highest BCUT2D eigenvalue weighted by Crippen LogP contribution is 2.35. The zero-order chi connectivity index (χ0) is 18.2. The molecule has 2 rings (SSSR count). The molecule has 1 saturated heterocycles. The van der Waals surface area contributed by atoms with Gasteiger partial charge in [-0.3, -0.25) is 9.89 Å². The first-order chi connectivity index (χ1) is 12.0. The van der Waals surface area contributed by atoms with Crippen LogP contribution in [0.5, 0.6) is 0 Å². The number of aliphatic imine (C=N–C) groups is 1. The normalized spacial score (nSPS) is 22.6. The molecular formula is C17H35N5O2S. The molecule has 1 heterocycles. The maximum absolute atomic E-state index is 11.1. The van der Waals surface area contributed by atoms with Crippen molar-refractivity contribution in [3.63, 3.8) is 0 Å². The molecule has 2 aliphatic rings. The lowest BCUT2D eigenvalue weighted by Gasteiger charge is -2.47. The van der Waals surface area contributed by atoms with E-state index in [9.17, 15) is 8.42 Å². The first-order valence-corrected chi connectivity index (χ1v) is 11.4. The van der Waals surface area contributed by atoms with E-state index in [0.717, 1.165) is 13.1 Å². The molecule has 0 unspecified atom stereocenters. The zero-order valence-electron chi connectivity index (χ0n) is 15.6. The van der Waals surface area contributed by atoms with Crippen LogP contribution in [-0.2, 0) is 10.0 Å². The number of primary sulfonamides is 1. The molecule has 1 aliphatic carbocycles. The summed E-state index contributed by atoms with van der Waals surface area (Å²) < 4.78 is 22.2. The summed E-state index contributed by atoms with van der Waals surface area (Å²) in [6.07, 6.45) is 10.2. The second-order valence-electron chi connectivity index (χ2n) is 7.32. The van der Waals surface area contributed by atoms with E-state index in [1.807, 2.05) is 6.92 Å². The van der Waals surface area contributed by atoms with Crippen molar-refractivity contribution in [3.05, 3.63) is 0 Å². The summed E-state index contributed by atoms with van der Waals surface area (Å²) in [7, 11) is -3.45. The molecule has 0 spiro atoms. The van der Waals surface area contributed by atoms with Gasteiger partial charge in [0.1, 0.15) is 0 Å². The van der Waals surface area contributed by atoms with Crippen LogP contribution in [0.15, 0.2) is 4.99 Å². The third-order valence-corrected chi connectivity index (χ3v) is 6.14. The van der Waals surface area contributed by atoms with E-state index in [0.29, 0.717) is 5.96 Å². The molecule has 0 radical (unpaired) electrons. The van der Waals surface area contributed by atoms with Crippen molar-refractivity contribution in [3.8, 4) is 0 Å². The molecule has 1 saturated carbocycles. The van der Waals surface area contributed by atoms with Gasteiger partial charge in [0.05, 0.1) is 12.3 Å². The van der Waals surface area contributed by atoms with Crippen molar-refractivity contribution in [2.75, 3.05) is 38.5 Å². The largest absolute Gasteiger partial charge is 0.357 e. The van der Waals surface area contributed by atoms with Gasteiger partial charge in [-0.25, -0.2) is 13.6 Å². The number of likely N-dealkylation sites (tertiary alicyclic amines) is 1. The first-order valence-electron chi connectivity index (χ1n) is 9.73. The smallest absolute Gasteiger partial charge is 0.210 e. The summed E-state index contributed by atoms with van der Waals surface area (Å²) in [5, 5.41) is 11.4. The molecule has 0 aromatic rings. The van der Waals surface area contributed by atoms with Gasteiger partial charge in [0.15, 0.2) is 5.96 Å². The topological polar surface area (TPSA) is 99.8 Å². The molecule has 0 aromatic carbocycles. The van der Waals surface area contributed by atoms with Crippen molar-refractivity contribution in [2.45, 2.75) is 63.8 Å².